The molecule has 0 spiro atoms. The van der Waals surface area contributed by atoms with Crippen molar-refractivity contribution in [3.63, 3.8) is 0 Å². The van der Waals surface area contributed by atoms with Crippen molar-refractivity contribution < 1.29 is 19.1 Å². The molecule has 90 valence electrons. The number of hydrogen-bond acceptors (Lipinski definition) is 4. The van der Waals surface area contributed by atoms with Crippen LogP contribution in [0.2, 0.25) is 0 Å². The second kappa shape index (κ2) is 4.63. The van der Waals surface area contributed by atoms with Crippen LogP contribution < -0.4 is 0 Å². The zero-order chi connectivity index (χ0) is 12.3. The van der Waals surface area contributed by atoms with Gasteiger partial charge in [0.1, 0.15) is 11.6 Å². The Bertz CT molecular complexity index is 306. The highest BCUT2D eigenvalue weighted by molar-refractivity contribution is 6.24. The Morgan fingerprint density at radius 3 is 2.50 bits per heavy atom. The molecular formula is C11H17NO4. The highest BCUT2D eigenvalue weighted by Gasteiger charge is 2.36. The number of carbonyl (C=O) groups is 3. The van der Waals surface area contributed by atoms with Gasteiger partial charge in [-0.3, -0.25) is 9.59 Å². The van der Waals surface area contributed by atoms with Crippen LogP contribution in [0.15, 0.2) is 0 Å². The maximum Gasteiger partial charge on any atom is 0.329 e. The zero-order valence-electron chi connectivity index (χ0n) is 9.86. The molecule has 0 N–H and O–H groups in total. The molecule has 1 heterocycles. The molecular weight excluding hydrogens is 210 g/mol. The Hall–Kier alpha value is -1.39. The normalized spacial score (nSPS) is 20.7. The van der Waals surface area contributed by atoms with Crippen molar-refractivity contribution in [2.75, 3.05) is 6.54 Å². The minimum absolute atomic E-state index is 0.239. The van der Waals surface area contributed by atoms with E-state index in [1.807, 2.05) is 0 Å². The van der Waals surface area contributed by atoms with E-state index in [-0.39, 0.29) is 6.29 Å². The molecule has 16 heavy (non-hydrogen) atoms. The fraction of sp³-hybridized carbons (Fsp3) is 0.727. The Kier molecular flexibility index (Phi) is 3.67. The van der Waals surface area contributed by atoms with Gasteiger partial charge in [0.05, 0.1) is 0 Å². The summed E-state index contributed by atoms with van der Waals surface area (Å²) in [6.07, 6.45) is 1.53. The smallest absolute Gasteiger partial charge is 0.329 e. The van der Waals surface area contributed by atoms with Gasteiger partial charge in [-0.2, -0.15) is 0 Å². The SMILES string of the molecule is CC(C)(C)OC(=O)[C@@H]1CCCN1C(=O)C=O. The van der Waals surface area contributed by atoms with Gasteiger partial charge in [0.2, 0.25) is 6.29 Å². The predicted molar refractivity (Wildman–Crippen MR) is 56.6 cm³/mol. The monoisotopic (exact) mass is 227 g/mol. The summed E-state index contributed by atoms with van der Waals surface area (Å²) in [6, 6.07) is -0.600. The van der Waals surface area contributed by atoms with E-state index in [4.69, 9.17) is 4.74 Å². The van der Waals surface area contributed by atoms with Crippen LogP contribution in [-0.4, -0.2) is 41.3 Å². The maximum absolute atomic E-state index is 11.8. The first-order valence-electron chi connectivity index (χ1n) is 5.34. The first-order chi connectivity index (χ1) is 7.35. The summed E-state index contributed by atoms with van der Waals surface area (Å²) in [5, 5.41) is 0. The van der Waals surface area contributed by atoms with Crippen LogP contribution >= 0.6 is 0 Å². The third-order valence-electron chi connectivity index (χ3n) is 2.32. The summed E-state index contributed by atoms with van der Waals surface area (Å²) >= 11 is 0. The van der Waals surface area contributed by atoms with Gasteiger partial charge >= 0.3 is 5.97 Å². The molecule has 0 unspecified atom stereocenters. The molecule has 1 aliphatic heterocycles. The molecule has 0 bridgehead atoms. The van der Waals surface area contributed by atoms with E-state index in [1.54, 1.807) is 20.8 Å². The second-order valence-corrected chi connectivity index (χ2v) is 4.84. The van der Waals surface area contributed by atoms with Crippen molar-refractivity contribution in [3.05, 3.63) is 0 Å². The number of carbonyl (C=O) groups excluding carboxylic acids is 3. The molecule has 1 atom stereocenters. The van der Waals surface area contributed by atoms with Crippen molar-refractivity contribution >= 4 is 18.2 Å². The van der Waals surface area contributed by atoms with E-state index in [2.05, 4.69) is 0 Å². The molecule has 1 aliphatic rings. The Balaban J connectivity index is 2.68. The number of likely N-dealkylation sites (tertiary alicyclic amines) is 1. The third-order valence-corrected chi connectivity index (χ3v) is 2.32. The summed E-state index contributed by atoms with van der Waals surface area (Å²) in [5.74, 6) is -1.08. The molecule has 0 aliphatic carbocycles. The van der Waals surface area contributed by atoms with E-state index in [1.165, 1.54) is 4.90 Å². The lowest BCUT2D eigenvalue weighted by Gasteiger charge is -2.26. The lowest BCUT2D eigenvalue weighted by atomic mass is 10.1. The largest absolute Gasteiger partial charge is 0.458 e. The van der Waals surface area contributed by atoms with Gasteiger partial charge in [-0.15, -0.1) is 0 Å². The maximum atomic E-state index is 11.8. The lowest BCUT2D eigenvalue weighted by Crippen LogP contribution is -2.43. The lowest BCUT2D eigenvalue weighted by molar-refractivity contribution is -0.163. The van der Waals surface area contributed by atoms with Crippen LogP contribution in [0.1, 0.15) is 33.6 Å². The molecule has 1 fully saturated rings. The molecule has 0 aromatic rings. The van der Waals surface area contributed by atoms with Crippen molar-refractivity contribution in [2.45, 2.75) is 45.3 Å². The van der Waals surface area contributed by atoms with E-state index >= 15 is 0 Å². The predicted octanol–water partition coefficient (Wildman–Crippen LogP) is 0.518. The molecule has 0 aromatic carbocycles. The average molecular weight is 227 g/mol. The van der Waals surface area contributed by atoms with E-state index in [0.717, 1.165) is 6.42 Å². The van der Waals surface area contributed by atoms with Gasteiger partial charge in [-0.05, 0) is 33.6 Å². The van der Waals surface area contributed by atoms with Crippen LogP contribution in [-0.2, 0) is 19.1 Å². The molecule has 5 nitrogen and oxygen atoms in total. The number of ether oxygens (including phenoxy) is 1. The second-order valence-electron chi connectivity index (χ2n) is 4.84. The van der Waals surface area contributed by atoms with Gasteiger partial charge < -0.3 is 9.64 Å². The van der Waals surface area contributed by atoms with Crippen LogP contribution in [0.25, 0.3) is 0 Å². The van der Waals surface area contributed by atoms with E-state index in [0.29, 0.717) is 13.0 Å². The van der Waals surface area contributed by atoms with Crippen molar-refractivity contribution in [1.82, 2.24) is 4.90 Å². The van der Waals surface area contributed by atoms with Gasteiger partial charge in [-0.25, -0.2) is 4.79 Å². The summed E-state index contributed by atoms with van der Waals surface area (Å²) in [7, 11) is 0. The summed E-state index contributed by atoms with van der Waals surface area (Å²) < 4.78 is 5.20. The van der Waals surface area contributed by atoms with Crippen LogP contribution in [0, 0.1) is 0 Å². The van der Waals surface area contributed by atoms with Gasteiger partial charge in [0, 0.05) is 6.54 Å². The highest BCUT2D eigenvalue weighted by atomic mass is 16.6. The van der Waals surface area contributed by atoms with Crippen molar-refractivity contribution in [1.29, 1.82) is 0 Å². The molecule has 0 radical (unpaired) electrons. The molecule has 1 saturated heterocycles. The number of esters is 1. The summed E-state index contributed by atoms with van der Waals surface area (Å²) in [6.45, 7) is 5.75. The third kappa shape index (κ3) is 3.05. The molecule has 0 saturated carbocycles. The molecule has 1 rings (SSSR count). The molecule has 0 aromatic heterocycles. The van der Waals surface area contributed by atoms with Gasteiger partial charge in [0.15, 0.2) is 0 Å². The molecule has 1 amide bonds. The first-order valence-corrected chi connectivity index (χ1v) is 5.34. The first kappa shape index (κ1) is 12.7. The van der Waals surface area contributed by atoms with Crippen molar-refractivity contribution in [3.8, 4) is 0 Å². The fourth-order valence-corrected chi connectivity index (χ4v) is 1.71. The summed E-state index contributed by atoms with van der Waals surface area (Å²) in [5.41, 5.74) is -0.574. The number of amides is 1. The van der Waals surface area contributed by atoms with Crippen LogP contribution in [0.5, 0.6) is 0 Å². The van der Waals surface area contributed by atoms with Crippen LogP contribution in [0.3, 0.4) is 0 Å². The fourth-order valence-electron chi connectivity index (χ4n) is 1.71. The number of nitrogens with zero attached hydrogens (tertiary/aromatic N) is 1. The minimum atomic E-state index is -0.645. The van der Waals surface area contributed by atoms with Crippen LogP contribution in [0.4, 0.5) is 0 Å². The standard InChI is InChI=1S/C11H17NO4/c1-11(2,3)16-10(15)8-5-4-6-12(8)9(14)7-13/h7-8H,4-6H2,1-3H3/t8-/m0/s1. The topological polar surface area (TPSA) is 63.7 Å². The van der Waals surface area contributed by atoms with Gasteiger partial charge in [0.25, 0.3) is 5.91 Å². The molecule has 5 heteroatoms. The van der Waals surface area contributed by atoms with Gasteiger partial charge in [-0.1, -0.05) is 0 Å². The minimum Gasteiger partial charge on any atom is -0.458 e. The summed E-state index contributed by atoms with van der Waals surface area (Å²) in [4.78, 5) is 34.7. The zero-order valence-corrected chi connectivity index (χ0v) is 9.86. The average Bonchev–Trinajstić information content (AvgIpc) is 2.62. The Morgan fingerprint density at radius 1 is 1.38 bits per heavy atom. The Labute approximate surface area is 94.7 Å². The number of rotatable bonds is 2. The number of aldehydes is 1. The number of hydrogen-bond donors (Lipinski definition) is 0. The van der Waals surface area contributed by atoms with Crippen molar-refractivity contribution in [2.24, 2.45) is 0 Å². The quantitative estimate of drug-likeness (QED) is 0.392. The van der Waals surface area contributed by atoms with E-state index < -0.39 is 23.5 Å². The highest BCUT2D eigenvalue weighted by Crippen LogP contribution is 2.20. The Morgan fingerprint density at radius 2 is 2.00 bits per heavy atom. The van der Waals surface area contributed by atoms with E-state index in [9.17, 15) is 14.4 Å².